The lowest BCUT2D eigenvalue weighted by Crippen LogP contribution is -2.54. The Labute approximate surface area is 258 Å². The van der Waals surface area contributed by atoms with Gasteiger partial charge in [-0.2, -0.15) is 0 Å². The minimum absolute atomic E-state index is 0.0654. The van der Waals surface area contributed by atoms with Gasteiger partial charge in [-0.05, 0) is 109 Å². The SMILES string of the molecule is C=C(N)C1=C(C)[C@@H](CC)[C@]2(C)C[C@@H]3Cc4c(N(C)C)cc(-c5ccc(C(C)(C)F)cc5)c(O)c4C(=C)C3=C(C)[C@]2(C)C1=C. The first-order chi connectivity index (χ1) is 19.9. The van der Waals surface area contributed by atoms with Crippen molar-refractivity contribution < 1.29 is 9.50 Å². The van der Waals surface area contributed by atoms with Gasteiger partial charge in [0.05, 0.1) is 0 Å². The Morgan fingerprint density at radius 2 is 1.74 bits per heavy atom. The highest BCUT2D eigenvalue weighted by atomic mass is 19.1. The van der Waals surface area contributed by atoms with Crippen molar-refractivity contribution in [2.75, 3.05) is 19.0 Å². The van der Waals surface area contributed by atoms with Gasteiger partial charge in [0.25, 0.3) is 0 Å². The van der Waals surface area contributed by atoms with Gasteiger partial charge in [0.15, 0.2) is 0 Å². The Balaban J connectivity index is 1.74. The number of nitrogens with two attached hydrogens (primary N) is 1. The topological polar surface area (TPSA) is 49.5 Å². The predicted octanol–water partition coefficient (Wildman–Crippen LogP) is 9.63. The third-order valence-electron chi connectivity index (χ3n) is 11.5. The van der Waals surface area contributed by atoms with Crippen LogP contribution in [-0.2, 0) is 12.1 Å². The summed E-state index contributed by atoms with van der Waals surface area (Å²) in [5.74, 6) is 0.840. The van der Waals surface area contributed by atoms with Crippen LogP contribution in [0.3, 0.4) is 0 Å². The molecule has 43 heavy (non-hydrogen) atoms. The molecule has 0 amide bonds. The summed E-state index contributed by atoms with van der Waals surface area (Å²) in [6.07, 6.45) is 2.83. The molecule has 0 bridgehead atoms. The molecule has 0 fully saturated rings. The molecule has 2 aromatic carbocycles. The number of phenols is 1. The van der Waals surface area contributed by atoms with E-state index in [2.05, 4.69) is 79.4 Å². The fourth-order valence-electron chi connectivity index (χ4n) is 9.15. The maximum absolute atomic E-state index is 14.6. The van der Waals surface area contributed by atoms with Gasteiger partial charge in [-0.1, -0.05) is 75.9 Å². The molecule has 3 aliphatic carbocycles. The van der Waals surface area contributed by atoms with Gasteiger partial charge in [0, 0.05) is 42.0 Å². The second-order valence-corrected chi connectivity index (χ2v) is 14.3. The number of fused-ring (bicyclic) bond motifs is 3. The average Bonchev–Trinajstić information content (AvgIpc) is 2.90. The molecule has 228 valence electrons. The smallest absolute Gasteiger partial charge is 0.131 e. The molecule has 3 N–H and O–H groups in total. The second-order valence-electron chi connectivity index (χ2n) is 14.3. The van der Waals surface area contributed by atoms with Crippen molar-refractivity contribution >= 4 is 11.3 Å². The molecule has 3 nitrogen and oxygen atoms in total. The number of nitrogens with zero attached hydrogens (tertiary/aromatic N) is 1. The van der Waals surface area contributed by atoms with Gasteiger partial charge in [-0.25, -0.2) is 4.39 Å². The highest BCUT2D eigenvalue weighted by molar-refractivity contribution is 5.94. The number of aromatic hydroxyl groups is 1. The minimum atomic E-state index is -1.44. The van der Waals surface area contributed by atoms with E-state index in [1.807, 2.05) is 12.1 Å². The molecule has 0 radical (unpaired) electrons. The second kappa shape index (κ2) is 10.0. The zero-order valence-electron chi connectivity index (χ0n) is 27.6. The largest absolute Gasteiger partial charge is 0.507 e. The van der Waals surface area contributed by atoms with E-state index in [-0.39, 0.29) is 22.5 Å². The predicted molar refractivity (Wildman–Crippen MR) is 181 cm³/mol. The van der Waals surface area contributed by atoms with Gasteiger partial charge >= 0.3 is 0 Å². The van der Waals surface area contributed by atoms with Crippen LogP contribution in [0.5, 0.6) is 5.75 Å². The number of alkyl halides is 1. The highest BCUT2D eigenvalue weighted by Gasteiger charge is 2.60. The minimum Gasteiger partial charge on any atom is -0.507 e. The normalized spacial score (nSPS) is 27.1. The number of anilines is 1. The van der Waals surface area contributed by atoms with Crippen molar-refractivity contribution in [1.82, 2.24) is 0 Å². The van der Waals surface area contributed by atoms with E-state index in [1.54, 1.807) is 26.0 Å². The number of halogens is 1. The van der Waals surface area contributed by atoms with Crippen LogP contribution in [0.25, 0.3) is 16.7 Å². The van der Waals surface area contributed by atoms with Gasteiger partial charge in [0.2, 0.25) is 0 Å². The van der Waals surface area contributed by atoms with Crippen LogP contribution < -0.4 is 10.6 Å². The molecule has 0 aromatic heterocycles. The van der Waals surface area contributed by atoms with Gasteiger partial charge in [0.1, 0.15) is 11.4 Å². The number of benzene rings is 2. The lowest BCUT2D eigenvalue weighted by Gasteiger charge is -2.62. The first-order valence-electron chi connectivity index (χ1n) is 15.5. The first-order valence-corrected chi connectivity index (χ1v) is 15.5. The molecule has 3 aliphatic rings. The third-order valence-corrected chi connectivity index (χ3v) is 11.5. The average molecular weight is 581 g/mol. The Bertz CT molecular complexity index is 1630. The van der Waals surface area contributed by atoms with Crippen molar-refractivity contribution in [3.63, 3.8) is 0 Å². The van der Waals surface area contributed by atoms with Crippen molar-refractivity contribution in [2.45, 2.75) is 73.4 Å². The van der Waals surface area contributed by atoms with E-state index in [0.29, 0.717) is 17.2 Å². The van der Waals surface area contributed by atoms with E-state index in [1.165, 1.54) is 16.7 Å². The number of phenolic OH excluding ortho intramolecular Hbond substituents is 1. The molecular weight excluding hydrogens is 531 g/mol. The van der Waals surface area contributed by atoms with Crippen molar-refractivity contribution in [2.24, 2.45) is 28.4 Å². The van der Waals surface area contributed by atoms with Gasteiger partial charge < -0.3 is 15.7 Å². The summed E-state index contributed by atoms with van der Waals surface area (Å²) < 4.78 is 14.6. The summed E-state index contributed by atoms with van der Waals surface area (Å²) in [5.41, 5.74) is 17.1. The monoisotopic (exact) mass is 580 g/mol. The van der Waals surface area contributed by atoms with Crippen molar-refractivity contribution in [3.8, 4) is 16.9 Å². The number of hydrogen-bond donors (Lipinski definition) is 2. The molecule has 4 atom stereocenters. The van der Waals surface area contributed by atoms with Crippen molar-refractivity contribution in [1.29, 1.82) is 0 Å². The fraction of sp³-hybridized carbons (Fsp3) is 0.436. The zero-order valence-corrected chi connectivity index (χ0v) is 27.6. The molecule has 0 heterocycles. The van der Waals surface area contributed by atoms with E-state index in [4.69, 9.17) is 5.73 Å². The molecule has 0 aliphatic heterocycles. The Morgan fingerprint density at radius 3 is 2.26 bits per heavy atom. The Kier molecular flexibility index (Phi) is 7.19. The molecule has 5 rings (SSSR count). The van der Waals surface area contributed by atoms with Crippen LogP contribution >= 0.6 is 0 Å². The molecular formula is C39H49FN2O. The Hall–Kier alpha value is -3.53. The standard InChI is InChI=1S/C39H49FN2O/c1-13-31-21(2)33(25(6)41)23(4)39(10)24(5)34-22(3)35-30(18-27(34)20-38(31,39)9)32(42(11)12)19-29(36(35)43)26-14-16-28(17-15-26)37(7,8)40/h14-17,19,27,31,43H,3-4,6,13,18,20,41H2,1-2,5,7-12H3/t27-,31+,38-,39-/m0/s1. The van der Waals surface area contributed by atoms with Crippen LogP contribution in [0.15, 0.2) is 83.6 Å². The lowest BCUT2D eigenvalue weighted by molar-refractivity contribution is 0.0313. The summed E-state index contributed by atoms with van der Waals surface area (Å²) in [6, 6.07) is 9.49. The maximum Gasteiger partial charge on any atom is 0.131 e. The fourth-order valence-corrected chi connectivity index (χ4v) is 9.15. The molecule has 2 aromatic rings. The van der Waals surface area contributed by atoms with E-state index in [9.17, 15) is 9.50 Å². The lowest BCUT2D eigenvalue weighted by atomic mass is 9.41. The molecule has 0 unspecified atom stereocenters. The van der Waals surface area contributed by atoms with Crippen LogP contribution in [0, 0.1) is 22.7 Å². The summed E-state index contributed by atoms with van der Waals surface area (Å²) in [6.45, 7) is 28.2. The van der Waals surface area contributed by atoms with Crippen LogP contribution in [0.2, 0.25) is 0 Å². The summed E-state index contributed by atoms with van der Waals surface area (Å²) in [5, 5.41) is 12.0. The number of rotatable bonds is 5. The first kappa shape index (κ1) is 30.9. The van der Waals surface area contributed by atoms with Gasteiger partial charge in [-0.3, -0.25) is 0 Å². The quantitative estimate of drug-likeness (QED) is 0.370. The number of allylic oxidation sites excluding steroid dienone is 5. The summed E-state index contributed by atoms with van der Waals surface area (Å²) in [4.78, 5) is 2.13. The Morgan fingerprint density at radius 1 is 1.14 bits per heavy atom. The zero-order chi connectivity index (χ0) is 32.0. The molecule has 0 spiro atoms. The third kappa shape index (κ3) is 4.19. The van der Waals surface area contributed by atoms with Crippen molar-refractivity contribution in [3.05, 3.63) is 100 Å². The van der Waals surface area contributed by atoms with E-state index in [0.717, 1.165) is 63.9 Å². The van der Waals surface area contributed by atoms with Crippen LogP contribution in [0.4, 0.5) is 10.1 Å². The summed E-state index contributed by atoms with van der Waals surface area (Å²) >= 11 is 0. The van der Waals surface area contributed by atoms with Crippen LogP contribution in [0.1, 0.15) is 78.0 Å². The maximum atomic E-state index is 14.6. The van der Waals surface area contributed by atoms with E-state index < -0.39 is 5.67 Å². The summed E-state index contributed by atoms with van der Waals surface area (Å²) in [7, 11) is 4.11. The van der Waals surface area contributed by atoms with Crippen LogP contribution in [-0.4, -0.2) is 19.2 Å². The number of hydrogen-bond acceptors (Lipinski definition) is 3. The molecule has 0 saturated heterocycles. The molecule has 4 heteroatoms. The van der Waals surface area contributed by atoms with E-state index >= 15 is 0 Å². The van der Waals surface area contributed by atoms with Gasteiger partial charge in [-0.15, -0.1) is 0 Å². The highest BCUT2D eigenvalue weighted by Crippen LogP contribution is 2.70. The molecule has 0 saturated carbocycles.